The van der Waals surface area contributed by atoms with Crippen LogP contribution in [0.4, 0.5) is 26.3 Å². The van der Waals surface area contributed by atoms with Gasteiger partial charge in [-0.25, -0.2) is 0 Å². The highest BCUT2D eigenvalue weighted by Crippen LogP contribution is 2.44. The summed E-state index contributed by atoms with van der Waals surface area (Å²) in [6.45, 7) is 1.04. The molecule has 0 amide bonds. The van der Waals surface area contributed by atoms with Gasteiger partial charge in [-0.1, -0.05) is 13.0 Å². The van der Waals surface area contributed by atoms with Crippen LogP contribution in [-0.4, -0.2) is 17.6 Å². The van der Waals surface area contributed by atoms with Gasteiger partial charge in [0.2, 0.25) is 0 Å². The molecule has 9 heteroatoms. The summed E-state index contributed by atoms with van der Waals surface area (Å²) in [5.41, 5.74) is 1.56. The summed E-state index contributed by atoms with van der Waals surface area (Å²) < 4.78 is 79.1. The maximum absolute atomic E-state index is 13.2. The third-order valence-corrected chi connectivity index (χ3v) is 3.82. The zero-order valence-corrected chi connectivity index (χ0v) is 12.7. The Morgan fingerprint density at radius 2 is 1.58 bits per heavy atom. The topological polar surface area (TPSA) is 63.3 Å². The molecule has 1 aromatic carbocycles. The molecule has 0 aliphatic carbocycles. The number of nitrogens with two attached hydrogens (primary N) is 1. The van der Waals surface area contributed by atoms with E-state index in [1.54, 1.807) is 0 Å². The predicted octanol–water partition coefficient (Wildman–Crippen LogP) is 4.27. The van der Waals surface area contributed by atoms with Crippen molar-refractivity contribution in [2.75, 3.05) is 6.54 Å². The van der Waals surface area contributed by atoms with Crippen molar-refractivity contribution >= 4 is 5.97 Å². The molecule has 0 aliphatic rings. The zero-order chi connectivity index (χ0) is 18.7. The van der Waals surface area contributed by atoms with Gasteiger partial charge in [-0.2, -0.15) is 26.3 Å². The minimum Gasteiger partial charge on any atom is -0.481 e. The fourth-order valence-corrected chi connectivity index (χ4v) is 2.63. The van der Waals surface area contributed by atoms with E-state index in [0.717, 1.165) is 0 Å². The normalized spacial score (nSPS) is 15.2. The number of benzene rings is 1. The Labute approximate surface area is 134 Å². The molecule has 0 radical (unpaired) electrons. The van der Waals surface area contributed by atoms with Gasteiger partial charge in [0.25, 0.3) is 0 Å². The molecule has 1 rings (SSSR count). The Hall–Kier alpha value is -1.77. The summed E-state index contributed by atoms with van der Waals surface area (Å²) in [6.07, 6.45) is -10.4. The first kappa shape index (κ1) is 20.3. The van der Waals surface area contributed by atoms with Crippen molar-refractivity contribution in [2.45, 2.75) is 38.0 Å². The number of alkyl halides is 6. The standard InChI is InChI=1S/C15H17F6NO2/c1-2-8(6-9(7-22)13(23)24)12-10(14(16,17)18)4-3-5-11(12)15(19,20)21/h3-5,8-9H,2,6-7,22H2,1H3,(H,23,24). The number of carbonyl (C=O) groups is 1. The van der Waals surface area contributed by atoms with Gasteiger partial charge in [0, 0.05) is 6.54 Å². The van der Waals surface area contributed by atoms with E-state index >= 15 is 0 Å². The van der Waals surface area contributed by atoms with Gasteiger partial charge in [-0.05, 0) is 36.5 Å². The summed E-state index contributed by atoms with van der Waals surface area (Å²) in [5, 5.41) is 9.00. The number of rotatable bonds is 6. The van der Waals surface area contributed by atoms with E-state index in [2.05, 4.69) is 0 Å². The third kappa shape index (κ3) is 4.62. The van der Waals surface area contributed by atoms with E-state index < -0.39 is 53.3 Å². The van der Waals surface area contributed by atoms with Crippen molar-refractivity contribution in [3.8, 4) is 0 Å². The molecule has 3 nitrogen and oxygen atoms in total. The third-order valence-electron chi connectivity index (χ3n) is 3.82. The fourth-order valence-electron chi connectivity index (χ4n) is 2.63. The van der Waals surface area contributed by atoms with E-state index in [9.17, 15) is 31.1 Å². The summed E-state index contributed by atoms with van der Waals surface area (Å²) in [5.74, 6) is -3.81. The molecule has 0 saturated carbocycles. The SMILES string of the molecule is CCC(CC(CN)C(=O)O)c1c(C(F)(F)F)cccc1C(F)(F)F. The van der Waals surface area contributed by atoms with Crippen LogP contribution >= 0.6 is 0 Å². The second kappa shape index (κ2) is 7.42. The van der Waals surface area contributed by atoms with Crippen molar-refractivity contribution in [1.82, 2.24) is 0 Å². The van der Waals surface area contributed by atoms with Crippen molar-refractivity contribution in [2.24, 2.45) is 11.7 Å². The highest BCUT2D eigenvalue weighted by Gasteiger charge is 2.42. The maximum atomic E-state index is 13.2. The highest BCUT2D eigenvalue weighted by molar-refractivity contribution is 5.70. The van der Waals surface area contributed by atoms with E-state index in [0.29, 0.717) is 18.2 Å². The van der Waals surface area contributed by atoms with Crippen LogP contribution in [0.2, 0.25) is 0 Å². The second-order valence-electron chi connectivity index (χ2n) is 5.37. The van der Waals surface area contributed by atoms with Gasteiger partial charge < -0.3 is 10.8 Å². The van der Waals surface area contributed by atoms with Gasteiger partial charge in [-0.15, -0.1) is 0 Å². The van der Waals surface area contributed by atoms with Crippen molar-refractivity contribution in [3.05, 3.63) is 34.9 Å². The average Bonchev–Trinajstić information content (AvgIpc) is 2.45. The molecule has 0 fully saturated rings. The Kier molecular flexibility index (Phi) is 6.26. The van der Waals surface area contributed by atoms with Crippen LogP contribution in [0.1, 0.15) is 42.4 Å². The number of halogens is 6. The molecule has 2 atom stereocenters. The molecule has 0 aromatic heterocycles. The van der Waals surface area contributed by atoms with Crippen LogP contribution in [0.25, 0.3) is 0 Å². The van der Waals surface area contributed by atoms with Crippen molar-refractivity contribution in [1.29, 1.82) is 0 Å². The minimum absolute atomic E-state index is 0.0834. The smallest absolute Gasteiger partial charge is 0.416 e. The first-order valence-electron chi connectivity index (χ1n) is 7.13. The first-order chi connectivity index (χ1) is 10.9. The molecular formula is C15H17F6NO2. The lowest BCUT2D eigenvalue weighted by Gasteiger charge is -2.26. The molecule has 0 bridgehead atoms. The van der Waals surface area contributed by atoms with E-state index in [4.69, 9.17) is 10.8 Å². The first-order valence-corrected chi connectivity index (χ1v) is 7.13. The Morgan fingerprint density at radius 3 is 1.88 bits per heavy atom. The second-order valence-corrected chi connectivity index (χ2v) is 5.37. The molecule has 1 aromatic rings. The predicted molar refractivity (Wildman–Crippen MR) is 74.3 cm³/mol. The van der Waals surface area contributed by atoms with Gasteiger partial charge in [-0.3, -0.25) is 4.79 Å². The van der Waals surface area contributed by atoms with E-state index in [1.807, 2.05) is 0 Å². The molecule has 2 unspecified atom stereocenters. The lowest BCUT2D eigenvalue weighted by molar-refractivity contribution is -0.144. The van der Waals surface area contributed by atoms with Crippen molar-refractivity contribution < 1.29 is 36.2 Å². The summed E-state index contributed by atoms with van der Waals surface area (Å²) >= 11 is 0. The number of aliphatic carboxylic acids is 1. The summed E-state index contributed by atoms with van der Waals surface area (Å²) in [4.78, 5) is 11.1. The molecule has 136 valence electrons. The number of hydrogen-bond acceptors (Lipinski definition) is 2. The van der Waals surface area contributed by atoms with Gasteiger partial charge in [0.1, 0.15) is 0 Å². The van der Waals surface area contributed by atoms with Crippen LogP contribution in [0.3, 0.4) is 0 Å². The van der Waals surface area contributed by atoms with E-state index in [1.165, 1.54) is 6.92 Å². The number of carboxylic acid groups (broad SMARTS) is 1. The Bertz CT molecular complexity index is 550. The Morgan fingerprint density at radius 1 is 1.12 bits per heavy atom. The lowest BCUT2D eigenvalue weighted by Crippen LogP contribution is -2.27. The van der Waals surface area contributed by atoms with Crippen LogP contribution in [0, 0.1) is 5.92 Å². The summed E-state index contributed by atoms with van der Waals surface area (Å²) in [7, 11) is 0. The highest BCUT2D eigenvalue weighted by atomic mass is 19.4. The molecular weight excluding hydrogens is 340 g/mol. The van der Waals surface area contributed by atoms with Crippen LogP contribution < -0.4 is 5.73 Å². The molecule has 0 heterocycles. The number of carboxylic acids is 1. The minimum atomic E-state index is -4.98. The molecule has 0 aliphatic heterocycles. The van der Waals surface area contributed by atoms with Gasteiger partial charge >= 0.3 is 18.3 Å². The summed E-state index contributed by atoms with van der Waals surface area (Å²) in [6, 6.07) is 1.84. The Balaban J connectivity index is 3.53. The molecule has 24 heavy (non-hydrogen) atoms. The molecule has 3 N–H and O–H groups in total. The fraction of sp³-hybridized carbons (Fsp3) is 0.533. The average molecular weight is 357 g/mol. The van der Waals surface area contributed by atoms with Crippen LogP contribution in [0.5, 0.6) is 0 Å². The largest absolute Gasteiger partial charge is 0.481 e. The quantitative estimate of drug-likeness (QED) is 0.748. The lowest BCUT2D eigenvalue weighted by atomic mass is 9.81. The van der Waals surface area contributed by atoms with Crippen LogP contribution in [0.15, 0.2) is 18.2 Å². The zero-order valence-electron chi connectivity index (χ0n) is 12.7. The van der Waals surface area contributed by atoms with Gasteiger partial charge in [0.15, 0.2) is 0 Å². The number of hydrogen-bond donors (Lipinski definition) is 2. The monoisotopic (exact) mass is 357 g/mol. The van der Waals surface area contributed by atoms with E-state index in [-0.39, 0.29) is 13.0 Å². The molecule has 0 spiro atoms. The maximum Gasteiger partial charge on any atom is 0.416 e. The van der Waals surface area contributed by atoms with Gasteiger partial charge in [0.05, 0.1) is 17.0 Å². The van der Waals surface area contributed by atoms with Crippen molar-refractivity contribution in [3.63, 3.8) is 0 Å². The molecule has 0 saturated heterocycles. The van der Waals surface area contributed by atoms with Crippen LogP contribution in [-0.2, 0) is 17.1 Å².